The van der Waals surface area contributed by atoms with Gasteiger partial charge < -0.3 is 14.5 Å². The molecule has 42 heavy (non-hydrogen) atoms. The van der Waals surface area contributed by atoms with E-state index in [1.165, 1.54) is 18.3 Å². The Morgan fingerprint density at radius 1 is 1.07 bits per heavy atom. The van der Waals surface area contributed by atoms with Gasteiger partial charge in [-0.3, -0.25) is 9.59 Å². The van der Waals surface area contributed by atoms with Gasteiger partial charge in [-0.25, -0.2) is 23.3 Å². The molecule has 0 atom stereocenters. The highest BCUT2D eigenvalue weighted by atomic mass is 19.3. The number of nitrogens with zero attached hydrogens (tertiary/aromatic N) is 5. The van der Waals surface area contributed by atoms with Crippen LogP contribution < -0.4 is 15.2 Å². The molecule has 1 aliphatic carbocycles. The van der Waals surface area contributed by atoms with Gasteiger partial charge in [-0.15, -0.1) is 0 Å². The summed E-state index contributed by atoms with van der Waals surface area (Å²) in [5.41, 5.74) is 1.04. The summed E-state index contributed by atoms with van der Waals surface area (Å²) >= 11 is 0. The summed E-state index contributed by atoms with van der Waals surface area (Å²) < 4.78 is 47.0. The van der Waals surface area contributed by atoms with E-state index < -0.39 is 29.3 Å². The quantitative estimate of drug-likeness (QED) is 0.369. The minimum atomic E-state index is -2.72. The molecule has 2 aliphatic rings. The number of halogens is 3. The highest BCUT2D eigenvalue weighted by Gasteiger charge is 2.47. The number of nitriles is 1. The van der Waals surface area contributed by atoms with Crippen molar-refractivity contribution in [2.75, 3.05) is 31.1 Å². The Kier molecular flexibility index (Phi) is 7.02. The summed E-state index contributed by atoms with van der Waals surface area (Å²) in [7, 11) is 0. The molecule has 1 amide bonds. The molecular formula is C30H25F3N6O3. The third-order valence-electron chi connectivity index (χ3n) is 7.59. The van der Waals surface area contributed by atoms with Crippen LogP contribution in [-0.2, 0) is 6.42 Å². The van der Waals surface area contributed by atoms with Crippen molar-refractivity contribution in [2.45, 2.75) is 31.3 Å². The van der Waals surface area contributed by atoms with E-state index in [1.54, 1.807) is 41.3 Å². The van der Waals surface area contributed by atoms with Crippen LogP contribution in [0.3, 0.4) is 0 Å². The first-order valence-electron chi connectivity index (χ1n) is 13.4. The number of rotatable bonds is 6. The molecule has 4 aromatic rings. The molecule has 0 bridgehead atoms. The molecule has 214 valence electrons. The number of aromatic nitrogens is 3. The van der Waals surface area contributed by atoms with Crippen LogP contribution in [0.2, 0.25) is 0 Å². The number of fused-ring (bicyclic) bond motifs is 1. The van der Waals surface area contributed by atoms with Crippen LogP contribution in [0.1, 0.15) is 40.0 Å². The van der Waals surface area contributed by atoms with E-state index in [4.69, 9.17) is 10.00 Å². The molecule has 3 heterocycles. The van der Waals surface area contributed by atoms with Crippen molar-refractivity contribution >= 4 is 22.5 Å². The maximum absolute atomic E-state index is 14.9. The molecule has 6 rings (SSSR count). The van der Waals surface area contributed by atoms with Crippen molar-refractivity contribution in [3.05, 3.63) is 93.3 Å². The van der Waals surface area contributed by atoms with E-state index in [0.29, 0.717) is 65.3 Å². The molecule has 0 spiro atoms. The van der Waals surface area contributed by atoms with E-state index >= 15 is 0 Å². The normalized spacial score (nSPS) is 16.6. The minimum absolute atomic E-state index is 0.0684. The van der Waals surface area contributed by atoms with E-state index in [-0.39, 0.29) is 24.8 Å². The van der Waals surface area contributed by atoms with Gasteiger partial charge >= 0.3 is 0 Å². The first kappa shape index (κ1) is 27.3. The number of piperazine rings is 1. The second kappa shape index (κ2) is 10.8. The van der Waals surface area contributed by atoms with Crippen molar-refractivity contribution in [1.29, 1.82) is 5.26 Å². The average Bonchev–Trinajstić information content (AvgIpc) is 2.98. The van der Waals surface area contributed by atoms with Gasteiger partial charge in [0.05, 0.1) is 22.2 Å². The summed E-state index contributed by atoms with van der Waals surface area (Å²) in [6, 6.07) is 14.5. The highest BCUT2D eigenvalue weighted by Crippen LogP contribution is 2.40. The number of pyridine rings is 1. The fourth-order valence-electron chi connectivity index (χ4n) is 5.28. The van der Waals surface area contributed by atoms with E-state index in [0.717, 1.165) is 0 Å². The average molecular weight is 575 g/mol. The van der Waals surface area contributed by atoms with Crippen LogP contribution in [0.4, 0.5) is 19.0 Å². The minimum Gasteiger partial charge on any atom is -0.490 e. The number of carbonyl (C=O) groups is 1. The van der Waals surface area contributed by atoms with Crippen LogP contribution in [0.25, 0.3) is 10.8 Å². The SMILES string of the molecule is N#Cc1ccc(N2CCN(C(=O)c3cc(Cc4n[nH]c(=O)c5ccc(OC6CC(F)(F)C6)cc45)ccc3F)CC2)nc1. The fourth-order valence-corrected chi connectivity index (χ4v) is 5.28. The topological polar surface area (TPSA) is 115 Å². The zero-order valence-electron chi connectivity index (χ0n) is 22.3. The monoisotopic (exact) mass is 574 g/mol. The van der Waals surface area contributed by atoms with Crippen LogP contribution >= 0.6 is 0 Å². The second-order valence-corrected chi connectivity index (χ2v) is 10.5. The van der Waals surface area contributed by atoms with Crippen LogP contribution in [-0.4, -0.2) is 64.2 Å². The molecule has 12 heteroatoms. The van der Waals surface area contributed by atoms with Crippen molar-refractivity contribution in [3.8, 4) is 11.8 Å². The van der Waals surface area contributed by atoms with Gasteiger partial charge in [-0.1, -0.05) is 6.07 Å². The van der Waals surface area contributed by atoms with Crippen LogP contribution in [0.15, 0.2) is 59.5 Å². The number of H-pyrrole nitrogens is 1. The molecule has 2 aromatic heterocycles. The Balaban J connectivity index is 1.18. The molecule has 1 saturated carbocycles. The zero-order valence-corrected chi connectivity index (χ0v) is 22.3. The first-order valence-corrected chi connectivity index (χ1v) is 13.4. The first-order chi connectivity index (χ1) is 20.2. The number of hydrogen-bond donors (Lipinski definition) is 1. The maximum atomic E-state index is 14.9. The molecule has 1 saturated heterocycles. The summed E-state index contributed by atoms with van der Waals surface area (Å²) in [5.74, 6) is -2.75. The third-order valence-corrected chi connectivity index (χ3v) is 7.59. The number of alkyl halides is 2. The van der Waals surface area contributed by atoms with Crippen molar-refractivity contribution < 1.29 is 22.7 Å². The second-order valence-electron chi connectivity index (χ2n) is 10.5. The number of amides is 1. The summed E-state index contributed by atoms with van der Waals surface area (Å²) in [6.07, 6.45) is 0.344. The Morgan fingerprint density at radius 3 is 2.55 bits per heavy atom. The van der Waals surface area contributed by atoms with Gasteiger partial charge in [-0.05, 0) is 48.0 Å². The van der Waals surface area contributed by atoms with Gasteiger partial charge in [0, 0.05) is 57.0 Å². The standard InChI is InChI=1S/C30H25F3N6O3/c31-25-5-1-18(11-24(25)29(41)39-9-7-38(8-10-39)27-6-2-19(16-34)17-35-27)12-26-23-13-20(42-21-14-30(32,33)15-21)3-4-22(23)28(40)37-36-26/h1-6,11,13,17,21H,7-10,12,14-15H2,(H,37,40). The van der Waals surface area contributed by atoms with Crippen LogP contribution in [0.5, 0.6) is 5.75 Å². The molecule has 9 nitrogen and oxygen atoms in total. The molecule has 2 fully saturated rings. The lowest BCUT2D eigenvalue weighted by Gasteiger charge is -2.35. The smallest absolute Gasteiger partial charge is 0.272 e. The van der Waals surface area contributed by atoms with Gasteiger partial charge in [-0.2, -0.15) is 10.4 Å². The summed E-state index contributed by atoms with van der Waals surface area (Å²) in [5, 5.41) is 16.4. The third kappa shape index (κ3) is 5.50. The zero-order chi connectivity index (χ0) is 29.4. The lowest BCUT2D eigenvalue weighted by Crippen LogP contribution is -2.49. The van der Waals surface area contributed by atoms with Crippen molar-refractivity contribution in [2.24, 2.45) is 0 Å². The Bertz CT molecular complexity index is 1750. The molecular weight excluding hydrogens is 549 g/mol. The Hall–Kier alpha value is -4.92. The van der Waals surface area contributed by atoms with Crippen molar-refractivity contribution in [1.82, 2.24) is 20.1 Å². The number of nitrogens with one attached hydrogen (secondary N) is 1. The van der Waals surface area contributed by atoms with E-state index in [2.05, 4.69) is 15.2 Å². The summed E-state index contributed by atoms with van der Waals surface area (Å²) in [4.78, 5) is 33.6. The molecule has 1 aliphatic heterocycles. The number of aromatic amines is 1. The lowest BCUT2D eigenvalue weighted by molar-refractivity contribution is -0.134. The van der Waals surface area contributed by atoms with E-state index in [1.807, 2.05) is 11.0 Å². The number of benzene rings is 2. The lowest BCUT2D eigenvalue weighted by atomic mass is 9.91. The van der Waals surface area contributed by atoms with Gasteiger partial charge in [0.2, 0.25) is 0 Å². The molecule has 2 aromatic carbocycles. The summed E-state index contributed by atoms with van der Waals surface area (Å²) in [6.45, 7) is 1.74. The fraction of sp³-hybridized carbons (Fsp3) is 0.300. The number of hydrogen-bond acceptors (Lipinski definition) is 7. The molecule has 1 N–H and O–H groups in total. The van der Waals surface area contributed by atoms with Gasteiger partial charge in [0.1, 0.15) is 29.6 Å². The largest absolute Gasteiger partial charge is 0.490 e. The van der Waals surface area contributed by atoms with Crippen LogP contribution in [0, 0.1) is 17.1 Å². The number of ether oxygens (including phenoxy) is 1. The predicted molar refractivity (Wildman–Crippen MR) is 147 cm³/mol. The highest BCUT2D eigenvalue weighted by molar-refractivity contribution is 5.95. The van der Waals surface area contributed by atoms with Crippen molar-refractivity contribution in [3.63, 3.8) is 0 Å². The predicted octanol–water partition coefficient (Wildman–Crippen LogP) is 4.06. The Labute approximate surface area is 238 Å². The maximum Gasteiger partial charge on any atom is 0.272 e. The number of carbonyl (C=O) groups excluding carboxylic acids is 1. The Morgan fingerprint density at radius 2 is 1.86 bits per heavy atom. The van der Waals surface area contributed by atoms with E-state index in [9.17, 15) is 22.8 Å². The number of anilines is 1. The molecule has 0 unspecified atom stereocenters. The van der Waals surface area contributed by atoms with Gasteiger partial charge in [0.15, 0.2) is 0 Å². The molecule has 0 radical (unpaired) electrons. The van der Waals surface area contributed by atoms with Gasteiger partial charge in [0.25, 0.3) is 17.4 Å².